The van der Waals surface area contributed by atoms with Crippen LogP contribution in [0.15, 0.2) is 59.6 Å². The van der Waals surface area contributed by atoms with Gasteiger partial charge in [-0.15, -0.1) is 24.0 Å². The summed E-state index contributed by atoms with van der Waals surface area (Å²) in [5, 5.41) is 15.7. The molecule has 0 saturated heterocycles. The highest BCUT2D eigenvalue weighted by Gasteiger charge is 2.33. The van der Waals surface area contributed by atoms with Gasteiger partial charge in [-0.3, -0.25) is 4.99 Å². The minimum absolute atomic E-state index is 0. The molecule has 0 saturated carbocycles. The summed E-state index contributed by atoms with van der Waals surface area (Å²) in [6, 6.07) is 14.7. The number of halogens is 4. The van der Waals surface area contributed by atoms with E-state index >= 15 is 0 Å². The number of aliphatic hydroxyl groups is 1. The van der Waals surface area contributed by atoms with Crippen molar-refractivity contribution >= 4 is 29.9 Å². The molecule has 0 radical (unpaired) electrons. The molecule has 0 heterocycles. The number of ether oxygens (including phenoxy) is 1. The van der Waals surface area contributed by atoms with Crippen LogP contribution in [0.5, 0.6) is 5.75 Å². The number of alkyl halides is 3. The maximum absolute atomic E-state index is 12.9. The SMILES string of the molecule is CN=C(NCCOc1ccccc1C(F)(F)F)NCC(CO)c1ccccc1.I. The van der Waals surface area contributed by atoms with Gasteiger partial charge >= 0.3 is 6.18 Å². The van der Waals surface area contributed by atoms with Crippen LogP contribution in [-0.4, -0.2) is 44.4 Å². The largest absolute Gasteiger partial charge is 0.491 e. The van der Waals surface area contributed by atoms with Crippen molar-refractivity contribution in [2.24, 2.45) is 4.99 Å². The summed E-state index contributed by atoms with van der Waals surface area (Å²) in [5.41, 5.74) is 0.200. The Morgan fingerprint density at radius 1 is 1.07 bits per heavy atom. The number of rotatable bonds is 8. The molecular formula is C20H25F3IN3O2. The minimum atomic E-state index is -4.46. The zero-order valence-corrected chi connectivity index (χ0v) is 18.3. The zero-order valence-electron chi connectivity index (χ0n) is 15.9. The van der Waals surface area contributed by atoms with Crippen LogP contribution in [0.4, 0.5) is 13.2 Å². The molecule has 1 atom stereocenters. The Kier molecular flexibility index (Phi) is 10.8. The van der Waals surface area contributed by atoms with Crippen LogP contribution >= 0.6 is 24.0 Å². The molecule has 0 aliphatic rings. The summed E-state index contributed by atoms with van der Waals surface area (Å²) in [4.78, 5) is 4.07. The average Bonchev–Trinajstić information content (AvgIpc) is 2.70. The standard InChI is InChI=1S/C20H24F3N3O2.HI/c1-24-19(26-13-16(14-27)15-7-3-2-4-8-15)25-11-12-28-18-10-6-5-9-17(18)20(21,22)23;/h2-10,16,27H,11-14H2,1H3,(H2,24,25,26);1H. The van der Waals surface area contributed by atoms with Gasteiger partial charge < -0.3 is 20.5 Å². The average molecular weight is 523 g/mol. The molecule has 9 heteroatoms. The third kappa shape index (κ3) is 8.09. The normalized spacial score (nSPS) is 12.7. The van der Waals surface area contributed by atoms with E-state index in [1.54, 1.807) is 7.05 Å². The fraction of sp³-hybridized carbons (Fsp3) is 0.350. The lowest BCUT2D eigenvalue weighted by Crippen LogP contribution is -2.41. The van der Waals surface area contributed by atoms with Crippen molar-refractivity contribution in [3.8, 4) is 5.75 Å². The Labute approximate surface area is 185 Å². The lowest BCUT2D eigenvalue weighted by Gasteiger charge is -2.18. The van der Waals surface area contributed by atoms with E-state index in [2.05, 4.69) is 15.6 Å². The van der Waals surface area contributed by atoms with E-state index in [-0.39, 0.29) is 55.4 Å². The van der Waals surface area contributed by atoms with E-state index in [4.69, 9.17) is 4.74 Å². The summed E-state index contributed by atoms with van der Waals surface area (Å²) in [7, 11) is 1.59. The van der Waals surface area contributed by atoms with Crippen molar-refractivity contribution in [1.29, 1.82) is 0 Å². The van der Waals surface area contributed by atoms with Crippen molar-refractivity contribution < 1.29 is 23.0 Å². The lowest BCUT2D eigenvalue weighted by molar-refractivity contribution is -0.138. The molecule has 5 nitrogen and oxygen atoms in total. The molecular weight excluding hydrogens is 498 g/mol. The van der Waals surface area contributed by atoms with Crippen LogP contribution in [0.1, 0.15) is 17.0 Å². The Bertz CT molecular complexity index is 758. The predicted octanol–water partition coefficient (Wildman–Crippen LogP) is 3.64. The van der Waals surface area contributed by atoms with Gasteiger partial charge in [0.15, 0.2) is 5.96 Å². The maximum Gasteiger partial charge on any atom is 0.419 e. The number of guanidine groups is 1. The molecule has 0 amide bonds. The summed E-state index contributed by atoms with van der Waals surface area (Å²) in [6.07, 6.45) is -4.46. The van der Waals surface area contributed by atoms with Crippen LogP contribution in [0, 0.1) is 0 Å². The summed E-state index contributed by atoms with van der Waals surface area (Å²) < 4.78 is 44.1. The highest BCUT2D eigenvalue weighted by atomic mass is 127. The number of nitrogens with one attached hydrogen (secondary N) is 2. The molecule has 2 aromatic rings. The monoisotopic (exact) mass is 523 g/mol. The van der Waals surface area contributed by atoms with Gasteiger partial charge in [-0.25, -0.2) is 0 Å². The van der Waals surface area contributed by atoms with E-state index in [0.29, 0.717) is 12.5 Å². The van der Waals surface area contributed by atoms with E-state index in [0.717, 1.165) is 11.6 Å². The maximum atomic E-state index is 12.9. The Hall–Kier alpha value is -2.01. The molecule has 0 fully saturated rings. The fourth-order valence-corrected chi connectivity index (χ4v) is 2.61. The Morgan fingerprint density at radius 2 is 1.72 bits per heavy atom. The molecule has 2 aromatic carbocycles. The van der Waals surface area contributed by atoms with Gasteiger partial charge in [-0.1, -0.05) is 42.5 Å². The van der Waals surface area contributed by atoms with Crippen LogP contribution < -0.4 is 15.4 Å². The second-order valence-corrected chi connectivity index (χ2v) is 6.01. The minimum Gasteiger partial charge on any atom is -0.491 e. The lowest BCUT2D eigenvalue weighted by atomic mass is 10.0. The van der Waals surface area contributed by atoms with Crippen LogP contribution in [0.3, 0.4) is 0 Å². The first-order valence-corrected chi connectivity index (χ1v) is 8.85. The molecule has 160 valence electrons. The van der Waals surface area contributed by atoms with E-state index < -0.39 is 11.7 Å². The van der Waals surface area contributed by atoms with Gasteiger partial charge in [0.1, 0.15) is 12.4 Å². The molecule has 1 unspecified atom stereocenters. The highest BCUT2D eigenvalue weighted by Crippen LogP contribution is 2.35. The molecule has 0 bridgehead atoms. The third-order valence-corrected chi connectivity index (χ3v) is 4.08. The topological polar surface area (TPSA) is 65.9 Å². The molecule has 0 aromatic heterocycles. The first-order valence-electron chi connectivity index (χ1n) is 8.85. The zero-order chi connectivity index (χ0) is 20.4. The second-order valence-electron chi connectivity index (χ2n) is 6.01. The molecule has 2 rings (SSSR count). The smallest absolute Gasteiger partial charge is 0.419 e. The quantitative estimate of drug-likeness (QED) is 0.214. The van der Waals surface area contributed by atoms with Gasteiger partial charge in [0.2, 0.25) is 0 Å². The van der Waals surface area contributed by atoms with Gasteiger partial charge in [-0.05, 0) is 17.7 Å². The second kappa shape index (κ2) is 12.5. The molecule has 0 spiro atoms. The Morgan fingerprint density at radius 3 is 2.34 bits per heavy atom. The molecule has 29 heavy (non-hydrogen) atoms. The van der Waals surface area contributed by atoms with Crippen molar-refractivity contribution in [2.45, 2.75) is 12.1 Å². The number of para-hydroxylation sites is 1. The van der Waals surface area contributed by atoms with Crippen LogP contribution in [-0.2, 0) is 6.18 Å². The predicted molar refractivity (Wildman–Crippen MR) is 118 cm³/mol. The molecule has 0 aliphatic carbocycles. The van der Waals surface area contributed by atoms with E-state index in [1.165, 1.54) is 18.2 Å². The van der Waals surface area contributed by atoms with Gasteiger partial charge in [0.25, 0.3) is 0 Å². The number of aliphatic hydroxyl groups excluding tert-OH is 1. The van der Waals surface area contributed by atoms with Crippen LogP contribution in [0.25, 0.3) is 0 Å². The number of nitrogens with zero attached hydrogens (tertiary/aromatic N) is 1. The first-order chi connectivity index (χ1) is 13.5. The Balaban J connectivity index is 0.00000420. The van der Waals surface area contributed by atoms with E-state index in [1.807, 2.05) is 30.3 Å². The van der Waals surface area contributed by atoms with Gasteiger partial charge in [-0.2, -0.15) is 13.2 Å². The number of benzene rings is 2. The summed E-state index contributed by atoms with van der Waals surface area (Å²) in [6.45, 7) is 0.736. The number of hydrogen-bond acceptors (Lipinski definition) is 3. The van der Waals surface area contributed by atoms with Gasteiger partial charge in [0.05, 0.1) is 18.7 Å². The molecule has 3 N–H and O–H groups in total. The van der Waals surface area contributed by atoms with Gasteiger partial charge in [0, 0.05) is 19.5 Å². The van der Waals surface area contributed by atoms with E-state index in [9.17, 15) is 18.3 Å². The fourth-order valence-electron chi connectivity index (χ4n) is 2.61. The van der Waals surface area contributed by atoms with Crippen molar-refractivity contribution in [3.05, 3.63) is 65.7 Å². The van der Waals surface area contributed by atoms with Crippen molar-refractivity contribution in [1.82, 2.24) is 10.6 Å². The number of aliphatic imine (C=N–C) groups is 1. The third-order valence-electron chi connectivity index (χ3n) is 4.08. The van der Waals surface area contributed by atoms with Crippen molar-refractivity contribution in [3.63, 3.8) is 0 Å². The number of hydrogen-bond donors (Lipinski definition) is 3. The summed E-state index contributed by atoms with van der Waals surface area (Å²) in [5.74, 6) is 0.168. The van der Waals surface area contributed by atoms with Crippen molar-refractivity contribution in [2.75, 3.05) is 33.4 Å². The highest BCUT2D eigenvalue weighted by molar-refractivity contribution is 14.0. The summed E-state index contributed by atoms with van der Waals surface area (Å²) >= 11 is 0. The molecule has 0 aliphatic heterocycles. The van der Waals surface area contributed by atoms with Crippen LogP contribution in [0.2, 0.25) is 0 Å². The first kappa shape index (κ1) is 25.0.